The molecule has 0 bridgehead atoms. The van der Waals surface area contributed by atoms with E-state index in [1.54, 1.807) is 36.7 Å². The van der Waals surface area contributed by atoms with Crippen LogP contribution in [-0.4, -0.2) is 36.2 Å². The second-order valence-corrected chi connectivity index (χ2v) is 10.8. The summed E-state index contributed by atoms with van der Waals surface area (Å²) in [6.45, 7) is 5.81. The van der Waals surface area contributed by atoms with E-state index in [2.05, 4.69) is 41.4 Å². The second kappa shape index (κ2) is 10.5. The molecular weight excluding hydrogens is 540 g/mol. The Hall–Kier alpha value is -5.52. The lowest BCUT2D eigenvalue weighted by Crippen LogP contribution is -2.21. The molecule has 12 heteroatoms. The Bertz CT molecular complexity index is 1900. The number of hydrogen-bond donors (Lipinski definition) is 5. The van der Waals surface area contributed by atoms with E-state index in [4.69, 9.17) is 0 Å². The maximum Gasteiger partial charge on any atom is 0.324 e. The molecule has 6 aromatic rings. The summed E-state index contributed by atoms with van der Waals surface area (Å²) in [5.74, 6) is -1.10. The molecule has 10 nitrogen and oxygen atoms in total. The van der Waals surface area contributed by atoms with Crippen LogP contribution in [0.1, 0.15) is 26.5 Å². The van der Waals surface area contributed by atoms with Gasteiger partial charge in [0.2, 0.25) is 0 Å². The minimum absolute atomic E-state index is 0.113. The molecule has 0 aliphatic carbocycles. The van der Waals surface area contributed by atoms with Gasteiger partial charge in [0.25, 0.3) is 0 Å². The molecule has 0 fully saturated rings. The highest BCUT2D eigenvalue weighted by atomic mass is 19.1. The van der Waals surface area contributed by atoms with Gasteiger partial charge in [0.15, 0.2) is 0 Å². The molecule has 212 valence electrons. The summed E-state index contributed by atoms with van der Waals surface area (Å²) in [7, 11) is 0. The van der Waals surface area contributed by atoms with Crippen LogP contribution in [0.4, 0.5) is 36.5 Å². The lowest BCUT2D eigenvalue weighted by atomic mass is 9.92. The van der Waals surface area contributed by atoms with Gasteiger partial charge in [-0.1, -0.05) is 26.8 Å². The fraction of sp³-hybridized carbons (Fsp3) is 0.133. The van der Waals surface area contributed by atoms with E-state index in [0.29, 0.717) is 11.4 Å². The number of amides is 2. The van der Waals surface area contributed by atoms with Crippen LogP contribution in [0.3, 0.4) is 0 Å². The molecule has 0 aliphatic heterocycles. The van der Waals surface area contributed by atoms with Crippen molar-refractivity contribution in [1.82, 2.24) is 30.2 Å². The summed E-state index contributed by atoms with van der Waals surface area (Å²) in [6.07, 6.45) is 3.50. The van der Waals surface area contributed by atoms with Crippen molar-refractivity contribution in [2.45, 2.75) is 26.2 Å². The predicted octanol–water partition coefficient (Wildman–Crippen LogP) is 7.10. The van der Waals surface area contributed by atoms with Crippen LogP contribution in [0.2, 0.25) is 0 Å². The number of urea groups is 1. The first-order chi connectivity index (χ1) is 20.1. The highest BCUT2D eigenvalue weighted by Crippen LogP contribution is 2.30. The van der Waals surface area contributed by atoms with E-state index in [-0.39, 0.29) is 11.5 Å². The summed E-state index contributed by atoms with van der Waals surface area (Å²) < 4.78 is 29.8. The zero-order valence-corrected chi connectivity index (χ0v) is 23.0. The molecule has 0 atom stereocenters. The van der Waals surface area contributed by atoms with Crippen LogP contribution in [0, 0.1) is 11.6 Å². The third kappa shape index (κ3) is 5.42. The molecular formula is C30H27F2N9O. The highest BCUT2D eigenvalue weighted by Gasteiger charge is 2.23. The number of benzene rings is 3. The average molecular weight is 568 g/mol. The van der Waals surface area contributed by atoms with Crippen LogP contribution < -0.4 is 16.0 Å². The van der Waals surface area contributed by atoms with Crippen molar-refractivity contribution in [1.29, 1.82) is 0 Å². The molecule has 0 spiro atoms. The maximum atomic E-state index is 14.6. The molecule has 3 heterocycles. The number of aromatic amines is 2. The summed E-state index contributed by atoms with van der Waals surface area (Å²) in [4.78, 5) is 13.0. The normalized spacial score (nSPS) is 11.5. The van der Waals surface area contributed by atoms with E-state index in [1.165, 1.54) is 4.68 Å². The topological polar surface area (TPSA) is 128 Å². The average Bonchev–Trinajstić information content (AvgIpc) is 3.70. The summed E-state index contributed by atoms with van der Waals surface area (Å²) >= 11 is 0. The van der Waals surface area contributed by atoms with Crippen molar-refractivity contribution in [2.75, 3.05) is 16.0 Å². The van der Waals surface area contributed by atoms with E-state index >= 15 is 0 Å². The van der Waals surface area contributed by atoms with Gasteiger partial charge in [0.05, 0.1) is 17.4 Å². The van der Waals surface area contributed by atoms with Crippen molar-refractivity contribution in [3.8, 4) is 16.9 Å². The van der Waals surface area contributed by atoms with Gasteiger partial charge in [-0.2, -0.15) is 15.3 Å². The number of carbonyl (C=O) groups is 1. The Kier molecular flexibility index (Phi) is 6.65. The third-order valence-corrected chi connectivity index (χ3v) is 6.60. The van der Waals surface area contributed by atoms with Crippen LogP contribution in [-0.2, 0) is 5.41 Å². The number of hydrogen-bond acceptors (Lipinski definition) is 5. The van der Waals surface area contributed by atoms with E-state index in [9.17, 15) is 13.6 Å². The highest BCUT2D eigenvalue weighted by molar-refractivity contribution is 6.00. The second-order valence-electron chi connectivity index (χ2n) is 10.8. The first kappa shape index (κ1) is 26.7. The lowest BCUT2D eigenvalue weighted by Gasteiger charge is -2.14. The quantitative estimate of drug-likeness (QED) is 0.147. The number of fused-ring (bicyclic) bond motifs is 1. The van der Waals surface area contributed by atoms with Gasteiger partial charge in [-0.3, -0.25) is 15.5 Å². The fourth-order valence-corrected chi connectivity index (χ4v) is 4.49. The fourth-order valence-electron chi connectivity index (χ4n) is 4.49. The number of anilines is 4. The van der Waals surface area contributed by atoms with E-state index in [0.717, 1.165) is 51.7 Å². The molecule has 0 saturated carbocycles. The van der Waals surface area contributed by atoms with Crippen LogP contribution in [0.5, 0.6) is 0 Å². The van der Waals surface area contributed by atoms with Gasteiger partial charge in [0, 0.05) is 51.8 Å². The summed E-state index contributed by atoms with van der Waals surface area (Å²) in [5, 5.41) is 28.5. The van der Waals surface area contributed by atoms with Gasteiger partial charge in [-0.25, -0.2) is 18.3 Å². The summed E-state index contributed by atoms with van der Waals surface area (Å²) in [6, 6.07) is 17.2. The molecule has 3 aromatic heterocycles. The third-order valence-electron chi connectivity index (χ3n) is 6.60. The minimum Gasteiger partial charge on any atom is -0.355 e. The Morgan fingerprint density at radius 1 is 0.929 bits per heavy atom. The van der Waals surface area contributed by atoms with Crippen molar-refractivity contribution in [3.63, 3.8) is 0 Å². The number of aromatic nitrogens is 6. The first-order valence-corrected chi connectivity index (χ1v) is 13.1. The van der Waals surface area contributed by atoms with Crippen LogP contribution in [0.15, 0.2) is 79.1 Å². The maximum absolute atomic E-state index is 14.6. The number of nitrogens with zero attached hydrogens (tertiary/aromatic N) is 4. The van der Waals surface area contributed by atoms with Gasteiger partial charge < -0.3 is 10.6 Å². The van der Waals surface area contributed by atoms with Crippen molar-refractivity contribution in [3.05, 3.63) is 96.5 Å². The van der Waals surface area contributed by atoms with Crippen molar-refractivity contribution in [2.24, 2.45) is 0 Å². The Labute approximate surface area is 239 Å². The minimum atomic E-state index is -0.673. The number of carbonyl (C=O) groups excluding carboxylic acids is 1. The molecule has 5 N–H and O–H groups in total. The number of rotatable bonds is 6. The SMILES string of the molecule is CC(C)(C)c1cc(NC(=O)Nc2cccc(Nc3ccc4c(-c5cn[nH]c5)n[nH]c4c3)c2)n(-c2cc(F)ccc2F)n1. The van der Waals surface area contributed by atoms with Crippen molar-refractivity contribution < 1.29 is 13.6 Å². The molecule has 0 radical (unpaired) electrons. The van der Waals surface area contributed by atoms with Gasteiger partial charge >= 0.3 is 6.03 Å². The first-order valence-electron chi connectivity index (χ1n) is 13.1. The molecule has 42 heavy (non-hydrogen) atoms. The zero-order chi connectivity index (χ0) is 29.4. The molecule has 3 aromatic carbocycles. The predicted molar refractivity (Wildman–Crippen MR) is 158 cm³/mol. The molecule has 2 amide bonds. The largest absolute Gasteiger partial charge is 0.355 e. The number of H-pyrrole nitrogens is 2. The number of nitrogens with one attached hydrogen (secondary N) is 5. The molecule has 6 rings (SSSR count). The number of halogens is 2. The van der Waals surface area contributed by atoms with Gasteiger partial charge in [-0.15, -0.1) is 0 Å². The van der Waals surface area contributed by atoms with Gasteiger partial charge in [-0.05, 0) is 48.5 Å². The van der Waals surface area contributed by atoms with Gasteiger partial charge in [0.1, 0.15) is 28.8 Å². The lowest BCUT2D eigenvalue weighted by molar-refractivity contribution is 0.262. The summed E-state index contributed by atoms with van der Waals surface area (Å²) in [5.41, 5.74) is 4.70. The Balaban J connectivity index is 1.20. The Morgan fingerprint density at radius 3 is 2.52 bits per heavy atom. The standard InChI is InChI=1S/C30H27F2N9O/c1-30(2,3)26-14-27(41(40-26)25-11-18(31)7-10-23(25)32)37-29(42)36-20-6-4-5-19(12-20)35-21-8-9-22-24(13-21)38-39-28(22)17-15-33-34-16-17/h4-16,35H,1-3H3,(H,33,34)(H,38,39)(H2,36,37,42). The Morgan fingerprint density at radius 2 is 1.74 bits per heavy atom. The molecule has 0 unspecified atom stereocenters. The van der Waals surface area contributed by atoms with Crippen molar-refractivity contribution >= 4 is 39.8 Å². The molecule has 0 aliphatic rings. The smallest absolute Gasteiger partial charge is 0.324 e. The zero-order valence-electron chi connectivity index (χ0n) is 23.0. The molecule has 0 saturated heterocycles. The van der Waals surface area contributed by atoms with E-state index < -0.39 is 23.1 Å². The van der Waals surface area contributed by atoms with E-state index in [1.807, 2.05) is 45.0 Å². The van der Waals surface area contributed by atoms with Crippen LogP contribution in [0.25, 0.3) is 27.8 Å². The van der Waals surface area contributed by atoms with Crippen LogP contribution >= 0.6 is 0 Å². The monoisotopic (exact) mass is 567 g/mol.